The van der Waals surface area contributed by atoms with Crippen LogP contribution in [-0.4, -0.2) is 16.8 Å². The summed E-state index contributed by atoms with van der Waals surface area (Å²) in [5.41, 5.74) is -0.341. The molecule has 0 aliphatic rings. The Morgan fingerprint density at radius 1 is 1.17 bits per heavy atom. The van der Waals surface area contributed by atoms with Crippen LogP contribution >= 0.6 is 0 Å². The third-order valence-corrected chi connectivity index (χ3v) is 1.94. The van der Waals surface area contributed by atoms with Crippen molar-refractivity contribution in [2.45, 2.75) is 34.1 Å². The smallest absolute Gasteiger partial charge is 0.0857 e. The van der Waals surface area contributed by atoms with Gasteiger partial charge >= 0.3 is 0 Å². The number of rotatable bonds is 5. The molecule has 0 bridgehead atoms. The molecule has 0 amide bonds. The number of aliphatic hydroxyl groups excluding tert-OH is 2. The van der Waals surface area contributed by atoms with E-state index < -0.39 is 0 Å². The Kier molecular flexibility index (Phi) is 4.21. The van der Waals surface area contributed by atoms with Crippen LogP contribution in [0.5, 0.6) is 0 Å². The van der Waals surface area contributed by atoms with Gasteiger partial charge in [0, 0.05) is 6.61 Å². The van der Waals surface area contributed by atoms with E-state index in [9.17, 15) is 0 Å². The van der Waals surface area contributed by atoms with Crippen LogP contribution in [-0.2, 0) is 0 Å². The van der Waals surface area contributed by atoms with Gasteiger partial charge < -0.3 is 10.2 Å². The molecule has 0 fully saturated rings. The van der Waals surface area contributed by atoms with Gasteiger partial charge in [-0.1, -0.05) is 27.7 Å². The summed E-state index contributed by atoms with van der Waals surface area (Å²) in [6.45, 7) is 9.21. The summed E-state index contributed by atoms with van der Waals surface area (Å²) >= 11 is 0. The highest BCUT2D eigenvalue weighted by Crippen LogP contribution is 2.30. The molecule has 0 aliphatic carbocycles. The summed E-state index contributed by atoms with van der Waals surface area (Å²) < 4.78 is 0. The molecule has 0 aromatic rings. The van der Waals surface area contributed by atoms with Gasteiger partial charge in [-0.2, -0.15) is 0 Å². The average molecular weight is 172 g/mol. The lowest BCUT2D eigenvalue weighted by atomic mass is 9.80. The molecule has 0 atom stereocenters. The maximum absolute atomic E-state index is 8.97. The number of hydrogen-bond acceptors (Lipinski definition) is 2. The molecule has 0 unspecified atom stereocenters. The predicted octanol–water partition coefficient (Wildman–Crippen LogP) is 2.16. The molecule has 0 aliphatic heterocycles. The lowest BCUT2D eigenvalue weighted by molar-refractivity contribution is 0.148. The van der Waals surface area contributed by atoms with E-state index in [1.807, 2.05) is 34.1 Å². The Balaban J connectivity index is 3.82. The van der Waals surface area contributed by atoms with Crippen molar-refractivity contribution in [2.75, 3.05) is 6.61 Å². The van der Waals surface area contributed by atoms with Crippen molar-refractivity contribution in [1.29, 1.82) is 0 Å². The van der Waals surface area contributed by atoms with Gasteiger partial charge in [0.05, 0.1) is 6.61 Å². The minimum Gasteiger partial charge on any atom is -0.396 e. The Hall–Kier alpha value is -0.0800. The van der Waals surface area contributed by atoms with Crippen LogP contribution in [0.4, 0.5) is 0 Å². The molecule has 2 N–H and O–H groups in total. The van der Waals surface area contributed by atoms with E-state index >= 15 is 0 Å². The summed E-state index contributed by atoms with van der Waals surface area (Å²) in [5.74, 6) is 0. The van der Waals surface area contributed by atoms with E-state index in [0.29, 0.717) is 0 Å². The monoisotopic (exact) mass is 172 g/mol. The zero-order chi connectivity index (χ0) is 9.83. The highest BCUT2D eigenvalue weighted by atomic mass is 16.3. The third-order valence-electron chi connectivity index (χ3n) is 1.94. The van der Waals surface area contributed by atoms with E-state index in [0.717, 1.165) is 6.42 Å². The molecule has 0 spiro atoms. The predicted molar refractivity (Wildman–Crippen MR) is 49.8 cm³/mol. The minimum absolute atomic E-state index is 0.0831. The molecule has 0 heterocycles. The van der Waals surface area contributed by atoms with E-state index in [-0.39, 0.29) is 17.4 Å². The Morgan fingerprint density at radius 2 is 1.67 bits per heavy atom. The fourth-order valence-corrected chi connectivity index (χ4v) is 0.657. The lowest BCUT2D eigenvalue weighted by Crippen LogP contribution is -2.22. The molecule has 72 valence electrons. The van der Waals surface area contributed by atoms with Crippen molar-refractivity contribution in [1.82, 2.24) is 0 Å². The molecular formula is C10H20O2. The van der Waals surface area contributed by atoms with E-state index in [4.69, 9.17) is 10.2 Å². The van der Waals surface area contributed by atoms with Crippen molar-refractivity contribution < 1.29 is 10.2 Å². The molecule has 0 saturated carbocycles. The fourth-order valence-electron chi connectivity index (χ4n) is 0.657. The van der Waals surface area contributed by atoms with Gasteiger partial charge in [0.15, 0.2) is 0 Å². The van der Waals surface area contributed by atoms with Gasteiger partial charge in [0.25, 0.3) is 0 Å². The van der Waals surface area contributed by atoms with Crippen molar-refractivity contribution in [3.8, 4) is 0 Å². The molecule has 2 nitrogen and oxygen atoms in total. The normalized spacial score (nSPS) is 13.5. The van der Waals surface area contributed by atoms with Gasteiger partial charge in [-0.25, -0.2) is 0 Å². The Labute approximate surface area is 75.6 Å². The molecule has 2 heteroatoms. The summed E-state index contributed by atoms with van der Waals surface area (Å²) in [4.78, 5) is 0. The van der Waals surface area contributed by atoms with Crippen LogP contribution in [0, 0.1) is 23.9 Å². The number of hydrogen-bond donors (Lipinski definition) is 2. The molecular weight excluding hydrogens is 152 g/mol. The zero-order valence-corrected chi connectivity index (χ0v) is 8.46. The second-order valence-corrected chi connectivity index (χ2v) is 4.68. The van der Waals surface area contributed by atoms with Gasteiger partial charge in [0.2, 0.25) is 0 Å². The SMILES string of the molecule is CC(C)([CH]O)[CH]CC(C)(C)CO. The highest BCUT2D eigenvalue weighted by molar-refractivity contribution is 4.93. The summed E-state index contributed by atoms with van der Waals surface area (Å²) in [7, 11) is 0. The maximum Gasteiger partial charge on any atom is 0.0857 e. The largest absolute Gasteiger partial charge is 0.396 e. The topological polar surface area (TPSA) is 40.5 Å². The van der Waals surface area contributed by atoms with E-state index in [1.165, 1.54) is 6.61 Å². The van der Waals surface area contributed by atoms with Gasteiger partial charge in [-0.05, 0) is 23.7 Å². The molecule has 12 heavy (non-hydrogen) atoms. The van der Waals surface area contributed by atoms with Crippen LogP contribution in [0.25, 0.3) is 0 Å². The first-order chi connectivity index (χ1) is 5.33. The summed E-state index contributed by atoms with van der Waals surface area (Å²) in [6, 6.07) is 0. The first kappa shape index (κ1) is 11.9. The fraction of sp³-hybridized carbons (Fsp3) is 0.800. The number of aliphatic hydroxyl groups is 2. The van der Waals surface area contributed by atoms with Crippen molar-refractivity contribution in [3.63, 3.8) is 0 Å². The summed E-state index contributed by atoms with van der Waals surface area (Å²) in [6.07, 6.45) is 2.82. The summed E-state index contributed by atoms with van der Waals surface area (Å²) in [5, 5.41) is 17.8. The minimum atomic E-state index is -0.257. The van der Waals surface area contributed by atoms with Crippen molar-refractivity contribution in [2.24, 2.45) is 10.8 Å². The average Bonchev–Trinajstić information content (AvgIpc) is 2.02. The van der Waals surface area contributed by atoms with Gasteiger partial charge in [-0.3, -0.25) is 0 Å². The first-order valence-electron chi connectivity index (χ1n) is 4.27. The molecule has 0 saturated heterocycles. The molecule has 0 rings (SSSR count). The van der Waals surface area contributed by atoms with E-state index in [2.05, 4.69) is 0 Å². The van der Waals surface area contributed by atoms with Crippen molar-refractivity contribution >= 4 is 0 Å². The third kappa shape index (κ3) is 4.73. The molecule has 2 radical (unpaired) electrons. The molecule has 0 aromatic heterocycles. The highest BCUT2D eigenvalue weighted by Gasteiger charge is 2.23. The van der Waals surface area contributed by atoms with Crippen LogP contribution < -0.4 is 0 Å². The standard InChI is InChI=1S/C10H20O2/c1-9(2,7-11)5-6-10(3,4)8-12/h5,7,11-12H,6,8H2,1-4H3. The first-order valence-corrected chi connectivity index (χ1v) is 4.27. The van der Waals surface area contributed by atoms with Gasteiger partial charge in [0.1, 0.15) is 0 Å². The van der Waals surface area contributed by atoms with Crippen LogP contribution in [0.2, 0.25) is 0 Å². The molecule has 0 aromatic carbocycles. The van der Waals surface area contributed by atoms with Crippen LogP contribution in [0.1, 0.15) is 34.1 Å². The quantitative estimate of drug-likeness (QED) is 0.667. The van der Waals surface area contributed by atoms with Crippen LogP contribution in [0.3, 0.4) is 0 Å². The second kappa shape index (κ2) is 4.24. The second-order valence-electron chi connectivity index (χ2n) is 4.68. The Bertz CT molecular complexity index is 112. The zero-order valence-electron chi connectivity index (χ0n) is 8.46. The van der Waals surface area contributed by atoms with Crippen molar-refractivity contribution in [3.05, 3.63) is 13.0 Å². The van der Waals surface area contributed by atoms with E-state index in [1.54, 1.807) is 0 Å². The maximum atomic E-state index is 8.97. The van der Waals surface area contributed by atoms with Gasteiger partial charge in [-0.15, -0.1) is 0 Å². The lowest BCUT2D eigenvalue weighted by Gasteiger charge is -2.27. The Morgan fingerprint density at radius 3 is 2.00 bits per heavy atom. The van der Waals surface area contributed by atoms with Crippen LogP contribution in [0.15, 0.2) is 0 Å².